The van der Waals surface area contributed by atoms with Crippen LogP contribution in [0.15, 0.2) is 42.5 Å². The fourth-order valence-corrected chi connectivity index (χ4v) is 2.66. The van der Waals surface area contributed by atoms with Gasteiger partial charge in [-0.1, -0.05) is 0 Å². The summed E-state index contributed by atoms with van der Waals surface area (Å²) >= 11 is 0. The summed E-state index contributed by atoms with van der Waals surface area (Å²) in [5, 5.41) is 13.4. The van der Waals surface area contributed by atoms with Gasteiger partial charge in [0.15, 0.2) is 0 Å². The summed E-state index contributed by atoms with van der Waals surface area (Å²) in [6.07, 6.45) is 0.231. The molecule has 0 fully saturated rings. The van der Waals surface area contributed by atoms with Crippen molar-refractivity contribution in [3.8, 4) is 11.3 Å². The Morgan fingerprint density at radius 1 is 1.12 bits per heavy atom. The number of H-pyrrole nitrogens is 1. The van der Waals surface area contributed by atoms with Gasteiger partial charge >= 0.3 is 0 Å². The Hall–Kier alpha value is -3.22. The van der Waals surface area contributed by atoms with Gasteiger partial charge in [-0.25, -0.2) is 4.39 Å². The summed E-state index contributed by atoms with van der Waals surface area (Å²) in [6.45, 7) is 2.67. The van der Waals surface area contributed by atoms with Gasteiger partial charge in [0.2, 0.25) is 5.91 Å². The van der Waals surface area contributed by atoms with Crippen LogP contribution in [0.25, 0.3) is 22.2 Å². The van der Waals surface area contributed by atoms with Crippen LogP contribution in [-0.2, 0) is 4.79 Å². The number of carbonyl (C=O) groups excluding carboxylic acids is 2. The third kappa shape index (κ3) is 3.88. The Bertz CT molecular complexity index is 934. The zero-order valence-corrected chi connectivity index (χ0v) is 14.3. The first-order chi connectivity index (χ1) is 12.6. The van der Waals surface area contributed by atoms with E-state index in [-0.39, 0.29) is 30.6 Å². The van der Waals surface area contributed by atoms with E-state index in [9.17, 15) is 14.0 Å². The SMILES string of the molecule is CCNC(=O)CCNC(=O)c1ccc2[nH]nc(-c3ccc(F)cc3)c2c1. The van der Waals surface area contributed by atoms with E-state index < -0.39 is 0 Å². The van der Waals surface area contributed by atoms with Gasteiger partial charge in [-0.15, -0.1) is 0 Å². The lowest BCUT2D eigenvalue weighted by Crippen LogP contribution is -2.30. The molecule has 3 rings (SSSR count). The Labute approximate surface area is 149 Å². The predicted octanol–water partition coefficient (Wildman–Crippen LogP) is 2.62. The molecule has 0 saturated heterocycles. The van der Waals surface area contributed by atoms with Crippen molar-refractivity contribution in [3.63, 3.8) is 0 Å². The maximum Gasteiger partial charge on any atom is 0.251 e. The molecule has 26 heavy (non-hydrogen) atoms. The molecule has 0 spiro atoms. The molecular weight excluding hydrogens is 335 g/mol. The summed E-state index contributed by atoms with van der Waals surface area (Å²) < 4.78 is 13.1. The third-order valence-electron chi connectivity index (χ3n) is 3.95. The second-order valence-electron chi connectivity index (χ2n) is 5.80. The monoisotopic (exact) mass is 354 g/mol. The molecule has 6 nitrogen and oxygen atoms in total. The molecule has 0 saturated carbocycles. The largest absolute Gasteiger partial charge is 0.356 e. The molecule has 0 aliphatic carbocycles. The van der Waals surface area contributed by atoms with Crippen LogP contribution in [0.1, 0.15) is 23.7 Å². The number of amides is 2. The van der Waals surface area contributed by atoms with Crippen LogP contribution in [0, 0.1) is 5.82 Å². The first-order valence-corrected chi connectivity index (χ1v) is 8.37. The number of hydrogen-bond donors (Lipinski definition) is 3. The minimum absolute atomic E-state index is 0.100. The number of rotatable bonds is 6. The van der Waals surface area contributed by atoms with Crippen molar-refractivity contribution in [3.05, 3.63) is 53.8 Å². The Morgan fingerprint density at radius 3 is 2.62 bits per heavy atom. The highest BCUT2D eigenvalue weighted by atomic mass is 19.1. The van der Waals surface area contributed by atoms with Gasteiger partial charge in [0.05, 0.1) is 11.2 Å². The van der Waals surface area contributed by atoms with Gasteiger partial charge in [0, 0.05) is 36.0 Å². The van der Waals surface area contributed by atoms with E-state index in [1.165, 1.54) is 12.1 Å². The molecule has 1 aromatic heterocycles. The highest BCUT2D eigenvalue weighted by Crippen LogP contribution is 2.27. The number of nitrogens with one attached hydrogen (secondary N) is 3. The zero-order valence-electron chi connectivity index (χ0n) is 14.3. The van der Waals surface area contributed by atoms with E-state index >= 15 is 0 Å². The number of benzene rings is 2. The number of aromatic amines is 1. The minimum Gasteiger partial charge on any atom is -0.356 e. The van der Waals surface area contributed by atoms with Crippen molar-refractivity contribution in [1.29, 1.82) is 0 Å². The fraction of sp³-hybridized carbons (Fsp3) is 0.211. The second-order valence-corrected chi connectivity index (χ2v) is 5.80. The molecule has 0 unspecified atom stereocenters. The topological polar surface area (TPSA) is 86.9 Å². The Balaban J connectivity index is 1.78. The van der Waals surface area contributed by atoms with Crippen molar-refractivity contribution in [2.75, 3.05) is 13.1 Å². The number of fused-ring (bicyclic) bond motifs is 1. The molecule has 2 amide bonds. The Kier molecular flexibility index (Phi) is 5.26. The standard InChI is InChI=1S/C19H19FN4O2/c1-2-21-17(25)9-10-22-19(26)13-5-8-16-15(11-13)18(24-23-16)12-3-6-14(20)7-4-12/h3-8,11H,2,9-10H2,1H3,(H,21,25)(H,22,26)(H,23,24). The summed E-state index contributed by atoms with van der Waals surface area (Å²) in [6, 6.07) is 11.2. The second kappa shape index (κ2) is 7.77. The molecule has 3 aromatic rings. The maximum atomic E-state index is 13.1. The average Bonchev–Trinajstić information content (AvgIpc) is 3.05. The predicted molar refractivity (Wildman–Crippen MR) is 97.1 cm³/mol. The number of hydrogen-bond acceptors (Lipinski definition) is 3. The lowest BCUT2D eigenvalue weighted by Gasteiger charge is -2.06. The van der Waals surface area contributed by atoms with E-state index in [1.807, 2.05) is 6.92 Å². The molecule has 2 aromatic carbocycles. The lowest BCUT2D eigenvalue weighted by atomic mass is 10.1. The van der Waals surface area contributed by atoms with E-state index in [0.717, 1.165) is 16.5 Å². The van der Waals surface area contributed by atoms with Crippen LogP contribution in [0.4, 0.5) is 4.39 Å². The molecular formula is C19H19FN4O2. The molecule has 134 valence electrons. The number of carbonyl (C=O) groups is 2. The van der Waals surface area contributed by atoms with Gasteiger partial charge in [-0.2, -0.15) is 5.10 Å². The van der Waals surface area contributed by atoms with Crippen molar-refractivity contribution >= 4 is 22.7 Å². The molecule has 1 heterocycles. The summed E-state index contributed by atoms with van der Waals surface area (Å²) in [7, 11) is 0. The van der Waals surface area contributed by atoms with Crippen LogP contribution in [0.3, 0.4) is 0 Å². The summed E-state index contributed by atoms with van der Waals surface area (Å²) in [5.74, 6) is -0.681. The first-order valence-electron chi connectivity index (χ1n) is 8.37. The quantitative estimate of drug-likeness (QED) is 0.636. The molecule has 3 N–H and O–H groups in total. The average molecular weight is 354 g/mol. The highest BCUT2D eigenvalue weighted by molar-refractivity contribution is 6.01. The van der Waals surface area contributed by atoms with E-state index in [0.29, 0.717) is 17.8 Å². The maximum absolute atomic E-state index is 13.1. The summed E-state index contributed by atoms with van der Waals surface area (Å²) in [5.41, 5.74) is 2.66. The van der Waals surface area contributed by atoms with Gasteiger partial charge in [-0.05, 0) is 49.4 Å². The van der Waals surface area contributed by atoms with Crippen LogP contribution < -0.4 is 10.6 Å². The molecule has 7 heteroatoms. The van der Waals surface area contributed by atoms with Crippen LogP contribution in [0.2, 0.25) is 0 Å². The van der Waals surface area contributed by atoms with Crippen molar-refractivity contribution in [2.45, 2.75) is 13.3 Å². The van der Waals surface area contributed by atoms with Crippen molar-refractivity contribution in [2.24, 2.45) is 0 Å². The van der Waals surface area contributed by atoms with E-state index in [4.69, 9.17) is 0 Å². The normalized spacial score (nSPS) is 10.7. The molecule has 0 bridgehead atoms. The molecule has 0 aliphatic heterocycles. The van der Waals surface area contributed by atoms with Gasteiger partial charge < -0.3 is 10.6 Å². The molecule has 0 atom stereocenters. The minimum atomic E-state index is -0.319. The van der Waals surface area contributed by atoms with Crippen molar-refractivity contribution < 1.29 is 14.0 Å². The van der Waals surface area contributed by atoms with Crippen LogP contribution in [-0.4, -0.2) is 35.1 Å². The number of nitrogens with zero attached hydrogens (tertiary/aromatic N) is 1. The third-order valence-corrected chi connectivity index (χ3v) is 3.95. The zero-order chi connectivity index (χ0) is 18.5. The number of aromatic nitrogens is 2. The van der Waals surface area contributed by atoms with E-state index in [1.54, 1.807) is 30.3 Å². The number of halogens is 1. The molecule has 0 aliphatic rings. The lowest BCUT2D eigenvalue weighted by molar-refractivity contribution is -0.120. The van der Waals surface area contributed by atoms with Gasteiger partial charge in [-0.3, -0.25) is 14.7 Å². The van der Waals surface area contributed by atoms with Gasteiger partial charge in [0.1, 0.15) is 5.82 Å². The Morgan fingerprint density at radius 2 is 1.88 bits per heavy atom. The summed E-state index contributed by atoms with van der Waals surface area (Å²) in [4.78, 5) is 23.7. The highest BCUT2D eigenvalue weighted by Gasteiger charge is 2.12. The molecule has 0 radical (unpaired) electrons. The van der Waals surface area contributed by atoms with Crippen LogP contribution in [0.5, 0.6) is 0 Å². The smallest absolute Gasteiger partial charge is 0.251 e. The van der Waals surface area contributed by atoms with Crippen LogP contribution >= 0.6 is 0 Å². The first kappa shape index (κ1) is 17.6. The van der Waals surface area contributed by atoms with Gasteiger partial charge in [0.25, 0.3) is 5.91 Å². The fourth-order valence-electron chi connectivity index (χ4n) is 2.66. The van der Waals surface area contributed by atoms with Crippen molar-refractivity contribution in [1.82, 2.24) is 20.8 Å². The van der Waals surface area contributed by atoms with E-state index in [2.05, 4.69) is 20.8 Å².